The number of esters is 1. The predicted octanol–water partition coefficient (Wildman–Crippen LogP) is 2.17. The first-order valence-corrected chi connectivity index (χ1v) is 11.1. The van der Waals surface area contributed by atoms with E-state index in [2.05, 4.69) is 40.7 Å². The lowest BCUT2D eigenvalue weighted by Crippen LogP contribution is -2.51. The van der Waals surface area contributed by atoms with Crippen LogP contribution < -0.4 is 16.0 Å². The highest BCUT2D eigenvalue weighted by Crippen LogP contribution is 2.19. The van der Waals surface area contributed by atoms with Crippen LogP contribution in [0, 0.1) is 5.92 Å². The van der Waals surface area contributed by atoms with Crippen molar-refractivity contribution < 1.29 is 19.1 Å². The number of nitrogens with one attached hydrogen (secondary N) is 3. The molecule has 0 bridgehead atoms. The third-order valence-electron chi connectivity index (χ3n) is 4.97. The van der Waals surface area contributed by atoms with Crippen LogP contribution in [0.3, 0.4) is 0 Å². The van der Waals surface area contributed by atoms with Gasteiger partial charge in [0.15, 0.2) is 0 Å². The molecule has 0 radical (unpaired) electrons. The van der Waals surface area contributed by atoms with Gasteiger partial charge in [0, 0.05) is 12.3 Å². The summed E-state index contributed by atoms with van der Waals surface area (Å²) in [6, 6.07) is 16.9. The summed E-state index contributed by atoms with van der Waals surface area (Å²) in [6.45, 7) is 3.84. The lowest BCUT2D eigenvalue weighted by atomic mass is 10.0. The van der Waals surface area contributed by atoms with Crippen LogP contribution in [0.25, 0.3) is 11.1 Å². The van der Waals surface area contributed by atoms with E-state index in [4.69, 9.17) is 4.74 Å². The van der Waals surface area contributed by atoms with Crippen LogP contribution in [0.15, 0.2) is 54.6 Å². The molecule has 7 nitrogen and oxygen atoms in total. The van der Waals surface area contributed by atoms with E-state index >= 15 is 0 Å². The van der Waals surface area contributed by atoms with Crippen LogP contribution >= 0.6 is 12.6 Å². The van der Waals surface area contributed by atoms with Crippen LogP contribution in [-0.2, 0) is 25.7 Å². The lowest BCUT2D eigenvalue weighted by Gasteiger charge is -2.20. The number of ether oxygens (including phenoxy) is 1. The zero-order valence-corrected chi connectivity index (χ0v) is 19.5. The van der Waals surface area contributed by atoms with Gasteiger partial charge in [-0.2, -0.15) is 12.6 Å². The van der Waals surface area contributed by atoms with Gasteiger partial charge in [0.1, 0.15) is 6.04 Å². The van der Waals surface area contributed by atoms with Crippen molar-refractivity contribution in [3.63, 3.8) is 0 Å². The average molecular weight is 458 g/mol. The minimum Gasteiger partial charge on any atom is -0.467 e. The minimum atomic E-state index is -0.762. The van der Waals surface area contributed by atoms with Gasteiger partial charge in [0.25, 0.3) is 0 Å². The SMILES string of the molecule is COC(=O)[C@@H](NC(=O)CNC(=O)[C@H](CS)NCc1ccc(-c2ccccc2)cc1)C(C)C. The van der Waals surface area contributed by atoms with Crippen molar-refractivity contribution in [3.05, 3.63) is 60.2 Å². The molecule has 0 fully saturated rings. The first kappa shape index (κ1) is 25.4. The van der Waals surface area contributed by atoms with Crippen molar-refractivity contribution in [2.24, 2.45) is 5.92 Å². The van der Waals surface area contributed by atoms with Crippen molar-refractivity contribution in [1.82, 2.24) is 16.0 Å². The van der Waals surface area contributed by atoms with E-state index < -0.39 is 24.0 Å². The molecule has 3 N–H and O–H groups in total. The van der Waals surface area contributed by atoms with Gasteiger partial charge in [0.05, 0.1) is 19.7 Å². The number of benzene rings is 2. The number of hydrogen-bond acceptors (Lipinski definition) is 6. The van der Waals surface area contributed by atoms with Crippen LogP contribution in [0.2, 0.25) is 0 Å². The largest absolute Gasteiger partial charge is 0.467 e. The smallest absolute Gasteiger partial charge is 0.328 e. The molecule has 2 atom stereocenters. The van der Waals surface area contributed by atoms with Gasteiger partial charge in [-0.05, 0) is 22.6 Å². The predicted molar refractivity (Wildman–Crippen MR) is 128 cm³/mol. The van der Waals surface area contributed by atoms with E-state index in [1.165, 1.54) is 7.11 Å². The van der Waals surface area contributed by atoms with Gasteiger partial charge >= 0.3 is 5.97 Å². The number of rotatable bonds is 11. The molecule has 0 saturated heterocycles. The molecule has 2 rings (SSSR count). The quantitative estimate of drug-likeness (QED) is 0.306. The second-order valence-electron chi connectivity index (χ2n) is 7.71. The van der Waals surface area contributed by atoms with Crippen molar-refractivity contribution in [2.45, 2.75) is 32.5 Å². The molecule has 0 aliphatic carbocycles. The topological polar surface area (TPSA) is 96.5 Å². The summed E-state index contributed by atoms with van der Waals surface area (Å²) in [4.78, 5) is 36.4. The third kappa shape index (κ3) is 7.69. The highest BCUT2D eigenvalue weighted by atomic mass is 32.1. The van der Waals surface area contributed by atoms with Gasteiger partial charge in [0.2, 0.25) is 11.8 Å². The van der Waals surface area contributed by atoms with E-state index in [1.54, 1.807) is 13.8 Å². The lowest BCUT2D eigenvalue weighted by molar-refractivity contribution is -0.146. The highest BCUT2D eigenvalue weighted by Gasteiger charge is 2.25. The van der Waals surface area contributed by atoms with Crippen LogP contribution in [0.4, 0.5) is 0 Å². The monoisotopic (exact) mass is 457 g/mol. The second kappa shape index (κ2) is 12.9. The Labute approximate surface area is 194 Å². The molecule has 32 heavy (non-hydrogen) atoms. The van der Waals surface area contributed by atoms with Crippen LogP contribution in [-0.4, -0.2) is 49.3 Å². The van der Waals surface area contributed by atoms with Gasteiger partial charge in [-0.15, -0.1) is 0 Å². The molecule has 2 aromatic rings. The summed E-state index contributed by atoms with van der Waals surface area (Å²) in [7, 11) is 1.27. The molecule has 0 spiro atoms. The molecule has 0 aliphatic heterocycles. The number of hydrogen-bond donors (Lipinski definition) is 4. The molecule has 2 aromatic carbocycles. The molecule has 0 aliphatic rings. The Bertz CT molecular complexity index is 888. The summed E-state index contributed by atoms with van der Waals surface area (Å²) in [6.07, 6.45) is 0. The summed E-state index contributed by atoms with van der Waals surface area (Å²) >= 11 is 4.25. The van der Waals surface area contributed by atoms with E-state index in [-0.39, 0.29) is 24.1 Å². The average Bonchev–Trinajstić information content (AvgIpc) is 2.81. The Hall–Kier alpha value is -2.84. The van der Waals surface area contributed by atoms with E-state index in [1.807, 2.05) is 42.5 Å². The zero-order valence-electron chi connectivity index (χ0n) is 18.6. The number of thiol groups is 1. The number of amides is 2. The molecule has 8 heteroatoms. The van der Waals surface area contributed by atoms with E-state index in [0.717, 1.165) is 16.7 Å². The van der Waals surface area contributed by atoms with Gasteiger partial charge in [-0.25, -0.2) is 4.79 Å². The zero-order chi connectivity index (χ0) is 23.5. The van der Waals surface area contributed by atoms with Gasteiger partial charge in [-0.1, -0.05) is 68.4 Å². The first-order valence-electron chi connectivity index (χ1n) is 10.5. The van der Waals surface area contributed by atoms with Crippen LogP contribution in [0.1, 0.15) is 19.4 Å². The highest BCUT2D eigenvalue weighted by molar-refractivity contribution is 7.80. The molecular weight excluding hydrogens is 426 g/mol. The maximum absolute atomic E-state index is 12.5. The van der Waals surface area contributed by atoms with E-state index in [9.17, 15) is 14.4 Å². The molecular formula is C24H31N3O4S. The fourth-order valence-electron chi connectivity index (χ4n) is 3.07. The van der Waals surface area contributed by atoms with Crippen molar-refractivity contribution in [3.8, 4) is 11.1 Å². The number of methoxy groups -OCH3 is 1. The Morgan fingerprint density at radius 2 is 1.59 bits per heavy atom. The third-order valence-corrected chi connectivity index (χ3v) is 5.34. The Morgan fingerprint density at radius 3 is 2.16 bits per heavy atom. The summed E-state index contributed by atoms with van der Waals surface area (Å²) < 4.78 is 4.70. The fourth-order valence-corrected chi connectivity index (χ4v) is 3.36. The van der Waals surface area contributed by atoms with Crippen molar-refractivity contribution >= 4 is 30.4 Å². The first-order chi connectivity index (χ1) is 15.3. The number of carbonyl (C=O) groups excluding carboxylic acids is 3. The standard InChI is InChI=1S/C24H31N3O4S/c1-16(2)22(24(30)31-3)27-21(28)14-26-23(29)20(15-32)25-13-17-9-11-19(12-10-17)18-7-5-4-6-8-18/h4-12,16,20,22,25,32H,13-15H2,1-3H3,(H,26,29)(H,27,28)/t20-,22-/m0/s1. The van der Waals surface area contributed by atoms with E-state index in [0.29, 0.717) is 6.54 Å². The molecule has 0 aromatic heterocycles. The molecule has 0 saturated carbocycles. The molecule has 0 heterocycles. The molecule has 0 unspecified atom stereocenters. The maximum Gasteiger partial charge on any atom is 0.328 e. The Balaban J connectivity index is 1.83. The van der Waals surface area contributed by atoms with Crippen molar-refractivity contribution in [1.29, 1.82) is 0 Å². The van der Waals surface area contributed by atoms with Crippen LogP contribution in [0.5, 0.6) is 0 Å². The Kier molecular flexibility index (Phi) is 10.2. The second-order valence-corrected chi connectivity index (χ2v) is 8.07. The fraction of sp³-hybridized carbons (Fsp3) is 0.375. The Morgan fingerprint density at radius 1 is 0.969 bits per heavy atom. The number of carbonyl (C=O) groups is 3. The van der Waals surface area contributed by atoms with Crippen molar-refractivity contribution in [2.75, 3.05) is 19.4 Å². The maximum atomic E-state index is 12.5. The summed E-state index contributed by atoms with van der Waals surface area (Å²) in [5, 5.41) is 8.34. The summed E-state index contributed by atoms with van der Waals surface area (Å²) in [5.74, 6) is -1.19. The normalized spacial score (nSPS) is 12.7. The molecule has 172 valence electrons. The minimum absolute atomic E-state index is 0.137. The molecule has 2 amide bonds. The van der Waals surface area contributed by atoms with Gasteiger partial charge in [-0.3, -0.25) is 9.59 Å². The summed E-state index contributed by atoms with van der Waals surface area (Å²) in [5.41, 5.74) is 3.29. The van der Waals surface area contributed by atoms with Gasteiger partial charge < -0.3 is 20.7 Å².